The Labute approximate surface area is 153 Å². The van der Waals surface area contributed by atoms with E-state index in [0.717, 1.165) is 0 Å². The fourth-order valence-electron chi connectivity index (χ4n) is 1.84. The van der Waals surface area contributed by atoms with Crippen molar-refractivity contribution in [3.8, 4) is 11.5 Å². The SMILES string of the molecule is CCOc1ccccc1OCCC(=O)OCC(=O)NC(=O)NC(C)(C)C. The second-order valence-corrected chi connectivity index (χ2v) is 6.39. The van der Waals surface area contributed by atoms with Gasteiger partial charge in [0.2, 0.25) is 0 Å². The first kappa shape index (κ1) is 21.3. The maximum absolute atomic E-state index is 11.6. The first-order valence-corrected chi connectivity index (χ1v) is 8.33. The Kier molecular flexibility index (Phi) is 8.41. The van der Waals surface area contributed by atoms with Crippen LogP contribution in [0.1, 0.15) is 34.1 Å². The molecule has 0 bridgehead atoms. The summed E-state index contributed by atoms with van der Waals surface area (Å²) >= 11 is 0. The summed E-state index contributed by atoms with van der Waals surface area (Å²) in [5.41, 5.74) is -0.476. The highest BCUT2D eigenvalue weighted by Gasteiger charge is 2.16. The van der Waals surface area contributed by atoms with Crippen molar-refractivity contribution in [2.45, 2.75) is 39.7 Å². The molecule has 1 aromatic rings. The minimum Gasteiger partial charge on any atom is -0.490 e. The lowest BCUT2D eigenvalue weighted by molar-refractivity contribution is -0.148. The Bertz CT molecular complexity index is 624. The molecule has 0 fully saturated rings. The summed E-state index contributed by atoms with van der Waals surface area (Å²) in [5, 5.41) is 4.64. The smallest absolute Gasteiger partial charge is 0.321 e. The zero-order valence-electron chi connectivity index (χ0n) is 15.6. The van der Waals surface area contributed by atoms with Crippen molar-refractivity contribution < 1.29 is 28.6 Å². The van der Waals surface area contributed by atoms with Crippen molar-refractivity contribution in [1.29, 1.82) is 0 Å². The minimum atomic E-state index is -0.706. The van der Waals surface area contributed by atoms with E-state index in [1.807, 2.05) is 13.0 Å². The van der Waals surface area contributed by atoms with E-state index in [1.165, 1.54) is 0 Å². The van der Waals surface area contributed by atoms with E-state index in [1.54, 1.807) is 39.0 Å². The van der Waals surface area contributed by atoms with Crippen LogP contribution in [-0.2, 0) is 14.3 Å². The fourth-order valence-corrected chi connectivity index (χ4v) is 1.84. The summed E-state index contributed by atoms with van der Waals surface area (Å²) in [5.74, 6) is -0.195. The van der Waals surface area contributed by atoms with Crippen LogP contribution >= 0.6 is 0 Å². The quantitative estimate of drug-likeness (QED) is 0.683. The molecule has 8 nitrogen and oxygen atoms in total. The highest BCUT2D eigenvalue weighted by atomic mass is 16.5. The third-order valence-corrected chi connectivity index (χ3v) is 2.82. The van der Waals surface area contributed by atoms with E-state index in [9.17, 15) is 14.4 Å². The zero-order chi connectivity index (χ0) is 19.6. The number of ether oxygens (including phenoxy) is 3. The normalized spacial score (nSPS) is 10.6. The molecule has 0 spiro atoms. The Morgan fingerprint density at radius 2 is 1.65 bits per heavy atom. The zero-order valence-corrected chi connectivity index (χ0v) is 15.6. The van der Waals surface area contributed by atoms with Gasteiger partial charge in [0.25, 0.3) is 5.91 Å². The number of urea groups is 1. The largest absolute Gasteiger partial charge is 0.490 e. The monoisotopic (exact) mass is 366 g/mol. The number of amides is 3. The average molecular weight is 366 g/mol. The molecular formula is C18H26N2O6. The van der Waals surface area contributed by atoms with E-state index in [2.05, 4.69) is 10.6 Å². The van der Waals surface area contributed by atoms with Gasteiger partial charge in [-0.15, -0.1) is 0 Å². The number of hydrogen-bond donors (Lipinski definition) is 2. The Morgan fingerprint density at radius 1 is 1.04 bits per heavy atom. The van der Waals surface area contributed by atoms with Crippen LogP contribution in [0.25, 0.3) is 0 Å². The van der Waals surface area contributed by atoms with Crippen LogP contribution in [0.3, 0.4) is 0 Å². The van der Waals surface area contributed by atoms with Crippen LogP contribution in [0.2, 0.25) is 0 Å². The van der Waals surface area contributed by atoms with Crippen molar-refractivity contribution in [3.63, 3.8) is 0 Å². The van der Waals surface area contributed by atoms with Crippen molar-refractivity contribution >= 4 is 17.9 Å². The van der Waals surface area contributed by atoms with Gasteiger partial charge in [-0.05, 0) is 39.8 Å². The number of rotatable bonds is 8. The molecule has 0 atom stereocenters. The highest BCUT2D eigenvalue weighted by molar-refractivity contribution is 5.95. The minimum absolute atomic E-state index is 0.0398. The van der Waals surface area contributed by atoms with E-state index in [0.29, 0.717) is 18.1 Å². The molecule has 0 aliphatic carbocycles. The molecular weight excluding hydrogens is 340 g/mol. The molecule has 0 aliphatic heterocycles. The predicted molar refractivity (Wildman–Crippen MR) is 95.1 cm³/mol. The van der Waals surface area contributed by atoms with E-state index < -0.39 is 30.1 Å². The molecule has 0 heterocycles. The van der Waals surface area contributed by atoms with Crippen LogP contribution in [0.4, 0.5) is 4.79 Å². The van der Waals surface area contributed by atoms with Gasteiger partial charge in [-0.1, -0.05) is 12.1 Å². The number of esters is 1. The lowest BCUT2D eigenvalue weighted by atomic mass is 10.1. The van der Waals surface area contributed by atoms with Crippen LogP contribution < -0.4 is 20.1 Å². The average Bonchev–Trinajstić information content (AvgIpc) is 2.53. The molecule has 0 saturated carbocycles. The standard InChI is InChI=1S/C18H26N2O6/c1-5-24-13-8-6-7-9-14(13)25-11-10-16(22)26-12-15(21)19-17(23)20-18(2,3)4/h6-9H,5,10-12H2,1-4H3,(H2,19,20,21,23). The Morgan fingerprint density at radius 3 is 2.23 bits per heavy atom. The van der Waals surface area contributed by atoms with Crippen molar-refractivity contribution in [2.24, 2.45) is 0 Å². The van der Waals surface area contributed by atoms with Gasteiger partial charge in [-0.3, -0.25) is 14.9 Å². The van der Waals surface area contributed by atoms with E-state index in [4.69, 9.17) is 14.2 Å². The number of imide groups is 1. The van der Waals surface area contributed by atoms with Gasteiger partial charge >= 0.3 is 12.0 Å². The third kappa shape index (κ3) is 8.91. The Balaban J connectivity index is 2.29. The number of carbonyl (C=O) groups excluding carboxylic acids is 3. The molecule has 0 aliphatic rings. The number of para-hydroxylation sites is 2. The highest BCUT2D eigenvalue weighted by Crippen LogP contribution is 2.26. The summed E-state index contributed by atoms with van der Waals surface area (Å²) in [4.78, 5) is 34.7. The number of hydrogen-bond acceptors (Lipinski definition) is 6. The predicted octanol–water partition coefficient (Wildman–Crippen LogP) is 2.02. The van der Waals surface area contributed by atoms with Crippen molar-refractivity contribution in [3.05, 3.63) is 24.3 Å². The second-order valence-electron chi connectivity index (χ2n) is 6.39. The van der Waals surface area contributed by atoms with Gasteiger partial charge in [0.1, 0.15) is 0 Å². The second kappa shape index (κ2) is 10.3. The first-order chi connectivity index (χ1) is 12.2. The van der Waals surface area contributed by atoms with Gasteiger partial charge in [0, 0.05) is 5.54 Å². The number of benzene rings is 1. The molecule has 26 heavy (non-hydrogen) atoms. The molecule has 0 unspecified atom stereocenters. The molecule has 3 amide bonds. The molecule has 2 N–H and O–H groups in total. The van der Waals surface area contributed by atoms with E-state index in [-0.39, 0.29) is 13.0 Å². The molecule has 8 heteroatoms. The molecule has 0 aromatic heterocycles. The molecule has 1 rings (SSSR count). The van der Waals surface area contributed by atoms with Crippen molar-refractivity contribution in [2.75, 3.05) is 19.8 Å². The summed E-state index contributed by atoms with van der Waals surface area (Å²) in [7, 11) is 0. The Hall–Kier alpha value is -2.77. The first-order valence-electron chi connectivity index (χ1n) is 8.33. The molecule has 144 valence electrons. The third-order valence-electron chi connectivity index (χ3n) is 2.82. The summed E-state index contributed by atoms with van der Waals surface area (Å²) in [6.45, 7) is 7.24. The van der Waals surface area contributed by atoms with Crippen molar-refractivity contribution in [1.82, 2.24) is 10.6 Å². The summed E-state index contributed by atoms with van der Waals surface area (Å²) in [6, 6.07) is 6.47. The number of carbonyl (C=O) groups is 3. The molecule has 0 radical (unpaired) electrons. The van der Waals surface area contributed by atoms with E-state index >= 15 is 0 Å². The van der Waals surface area contributed by atoms with Gasteiger partial charge in [0.15, 0.2) is 18.1 Å². The lowest BCUT2D eigenvalue weighted by Gasteiger charge is -2.20. The van der Waals surface area contributed by atoms with Crippen LogP contribution in [-0.4, -0.2) is 43.3 Å². The summed E-state index contributed by atoms with van der Waals surface area (Å²) < 4.78 is 15.7. The topological polar surface area (TPSA) is 103 Å². The van der Waals surface area contributed by atoms with Crippen LogP contribution in [0, 0.1) is 0 Å². The maximum atomic E-state index is 11.6. The maximum Gasteiger partial charge on any atom is 0.321 e. The van der Waals surface area contributed by atoms with Gasteiger partial charge in [-0.25, -0.2) is 4.79 Å². The van der Waals surface area contributed by atoms with Crippen LogP contribution in [0.15, 0.2) is 24.3 Å². The van der Waals surface area contributed by atoms with Gasteiger partial charge in [-0.2, -0.15) is 0 Å². The fraction of sp³-hybridized carbons (Fsp3) is 0.500. The molecule has 0 saturated heterocycles. The molecule has 1 aromatic carbocycles. The lowest BCUT2D eigenvalue weighted by Crippen LogP contribution is -2.49. The van der Waals surface area contributed by atoms with Gasteiger partial charge in [0.05, 0.1) is 19.6 Å². The summed E-state index contributed by atoms with van der Waals surface area (Å²) in [6.07, 6.45) is -0.0398. The van der Waals surface area contributed by atoms with Gasteiger partial charge < -0.3 is 19.5 Å². The van der Waals surface area contributed by atoms with Crippen LogP contribution in [0.5, 0.6) is 11.5 Å². The number of nitrogens with one attached hydrogen (secondary N) is 2.